The fourth-order valence-corrected chi connectivity index (χ4v) is 2.84. The first-order chi connectivity index (χ1) is 9.69. The molecule has 1 saturated heterocycles. The van der Waals surface area contributed by atoms with E-state index in [-0.39, 0.29) is 5.97 Å². The standard InChI is InChI=1S/C15H19N3O2/c1-17-6-4-13(5-7-17)18-8-3-11-9-12(15(19)20-2)10-16-14(11)18/h3,8-10,13H,4-7H2,1-2H3. The van der Waals surface area contributed by atoms with E-state index in [1.807, 2.05) is 12.1 Å². The third kappa shape index (κ3) is 2.29. The highest BCUT2D eigenvalue weighted by Crippen LogP contribution is 2.26. The fourth-order valence-electron chi connectivity index (χ4n) is 2.84. The molecule has 0 N–H and O–H groups in total. The molecule has 0 bridgehead atoms. The summed E-state index contributed by atoms with van der Waals surface area (Å²) in [5, 5.41) is 0.992. The van der Waals surface area contributed by atoms with Crippen molar-refractivity contribution in [2.45, 2.75) is 18.9 Å². The molecular formula is C15H19N3O2. The Morgan fingerprint density at radius 3 is 2.85 bits per heavy atom. The minimum Gasteiger partial charge on any atom is -0.465 e. The van der Waals surface area contributed by atoms with Crippen LogP contribution in [0.15, 0.2) is 24.5 Å². The number of pyridine rings is 1. The number of esters is 1. The highest BCUT2D eigenvalue weighted by Gasteiger charge is 2.20. The SMILES string of the molecule is COC(=O)c1cnc2c(ccn2C2CCN(C)CC2)c1. The van der Waals surface area contributed by atoms with Crippen LogP contribution in [0.1, 0.15) is 29.2 Å². The molecule has 1 aliphatic rings. The van der Waals surface area contributed by atoms with Gasteiger partial charge in [0.1, 0.15) is 5.65 Å². The lowest BCUT2D eigenvalue weighted by Crippen LogP contribution is -2.31. The minimum absolute atomic E-state index is 0.341. The Labute approximate surface area is 118 Å². The molecule has 0 spiro atoms. The Morgan fingerprint density at radius 2 is 2.15 bits per heavy atom. The topological polar surface area (TPSA) is 47.4 Å². The zero-order valence-electron chi connectivity index (χ0n) is 11.9. The number of hydrogen-bond donors (Lipinski definition) is 0. The molecule has 1 aliphatic heterocycles. The van der Waals surface area contributed by atoms with Gasteiger partial charge in [0.25, 0.3) is 0 Å². The van der Waals surface area contributed by atoms with Crippen molar-refractivity contribution in [3.63, 3.8) is 0 Å². The van der Waals surface area contributed by atoms with Gasteiger partial charge in [-0.3, -0.25) is 0 Å². The van der Waals surface area contributed by atoms with Crippen LogP contribution < -0.4 is 0 Å². The number of methoxy groups -OCH3 is 1. The van der Waals surface area contributed by atoms with Crippen molar-refractivity contribution in [3.8, 4) is 0 Å². The smallest absolute Gasteiger partial charge is 0.339 e. The van der Waals surface area contributed by atoms with Crippen LogP contribution in [0.5, 0.6) is 0 Å². The molecule has 0 aromatic carbocycles. The van der Waals surface area contributed by atoms with Crippen molar-refractivity contribution in [1.29, 1.82) is 0 Å². The summed E-state index contributed by atoms with van der Waals surface area (Å²) in [7, 11) is 3.54. The second-order valence-corrected chi connectivity index (χ2v) is 5.39. The van der Waals surface area contributed by atoms with Crippen molar-refractivity contribution in [3.05, 3.63) is 30.1 Å². The summed E-state index contributed by atoms with van der Waals surface area (Å²) in [6.07, 6.45) is 5.95. The summed E-state index contributed by atoms with van der Waals surface area (Å²) >= 11 is 0. The summed E-state index contributed by atoms with van der Waals surface area (Å²) in [5.41, 5.74) is 1.45. The predicted molar refractivity (Wildman–Crippen MR) is 76.8 cm³/mol. The number of carbonyl (C=O) groups is 1. The van der Waals surface area contributed by atoms with E-state index in [0.29, 0.717) is 11.6 Å². The Kier molecular flexibility index (Phi) is 3.44. The van der Waals surface area contributed by atoms with E-state index in [9.17, 15) is 4.79 Å². The van der Waals surface area contributed by atoms with Gasteiger partial charge in [-0.05, 0) is 45.1 Å². The lowest BCUT2D eigenvalue weighted by molar-refractivity contribution is 0.0600. The molecule has 3 rings (SSSR count). The van der Waals surface area contributed by atoms with Gasteiger partial charge in [-0.1, -0.05) is 0 Å². The third-order valence-corrected chi connectivity index (χ3v) is 4.06. The first-order valence-corrected chi connectivity index (χ1v) is 6.92. The zero-order valence-corrected chi connectivity index (χ0v) is 11.9. The molecule has 0 radical (unpaired) electrons. The monoisotopic (exact) mass is 273 g/mol. The van der Waals surface area contributed by atoms with Gasteiger partial charge < -0.3 is 14.2 Å². The number of carbonyl (C=O) groups excluding carboxylic acids is 1. The van der Waals surface area contributed by atoms with E-state index in [1.165, 1.54) is 7.11 Å². The molecular weight excluding hydrogens is 254 g/mol. The van der Waals surface area contributed by atoms with Gasteiger partial charge in [-0.2, -0.15) is 0 Å². The zero-order chi connectivity index (χ0) is 14.1. The summed E-state index contributed by atoms with van der Waals surface area (Å²) in [6.45, 7) is 2.23. The van der Waals surface area contributed by atoms with Crippen LogP contribution in [0.3, 0.4) is 0 Å². The Bertz CT molecular complexity index is 627. The molecule has 0 amide bonds. The number of piperidine rings is 1. The fraction of sp³-hybridized carbons (Fsp3) is 0.467. The number of nitrogens with zero attached hydrogens (tertiary/aromatic N) is 3. The highest BCUT2D eigenvalue weighted by molar-refractivity contribution is 5.93. The molecule has 5 heteroatoms. The van der Waals surface area contributed by atoms with Gasteiger partial charge in [0, 0.05) is 23.8 Å². The van der Waals surface area contributed by atoms with Gasteiger partial charge in [0.05, 0.1) is 12.7 Å². The van der Waals surface area contributed by atoms with E-state index in [0.717, 1.165) is 37.0 Å². The van der Waals surface area contributed by atoms with Crippen LogP contribution in [0, 0.1) is 0 Å². The molecule has 0 saturated carbocycles. The van der Waals surface area contributed by atoms with Crippen molar-refractivity contribution < 1.29 is 9.53 Å². The lowest BCUT2D eigenvalue weighted by Gasteiger charge is -2.30. The summed E-state index contributed by atoms with van der Waals surface area (Å²) in [5.74, 6) is -0.341. The van der Waals surface area contributed by atoms with Gasteiger partial charge in [-0.15, -0.1) is 0 Å². The van der Waals surface area contributed by atoms with Crippen LogP contribution in [0.25, 0.3) is 11.0 Å². The van der Waals surface area contributed by atoms with Gasteiger partial charge in [-0.25, -0.2) is 9.78 Å². The quantitative estimate of drug-likeness (QED) is 0.786. The number of ether oxygens (including phenoxy) is 1. The number of rotatable bonds is 2. The Hall–Kier alpha value is -1.88. The molecule has 5 nitrogen and oxygen atoms in total. The molecule has 2 aromatic heterocycles. The largest absolute Gasteiger partial charge is 0.465 e. The van der Waals surface area contributed by atoms with Gasteiger partial charge in [0.15, 0.2) is 0 Å². The number of fused-ring (bicyclic) bond motifs is 1. The van der Waals surface area contributed by atoms with Crippen LogP contribution in [-0.4, -0.2) is 47.7 Å². The minimum atomic E-state index is -0.341. The first-order valence-electron chi connectivity index (χ1n) is 6.92. The van der Waals surface area contributed by atoms with E-state index >= 15 is 0 Å². The lowest BCUT2D eigenvalue weighted by atomic mass is 10.1. The molecule has 0 atom stereocenters. The van der Waals surface area contributed by atoms with Gasteiger partial charge in [0.2, 0.25) is 0 Å². The predicted octanol–water partition coefficient (Wildman–Crippen LogP) is 2.09. The molecule has 0 unspecified atom stereocenters. The molecule has 1 fully saturated rings. The average Bonchev–Trinajstić information content (AvgIpc) is 2.90. The van der Waals surface area contributed by atoms with Crippen LogP contribution in [0.4, 0.5) is 0 Å². The third-order valence-electron chi connectivity index (χ3n) is 4.06. The number of aromatic nitrogens is 2. The highest BCUT2D eigenvalue weighted by atomic mass is 16.5. The summed E-state index contributed by atoms with van der Waals surface area (Å²) in [6, 6.07) is 4.37. The van der Waals surface area contributed by atoms with Crippen molar-refractivity contribution >= 4 is 17.0 Å². The Morgan fingerprint density at radius 1 is 1.40 bits per heavy atom. The summed E-state index contributed by atoms with van der Waals surface area (Å²) in [4.78, 5) is 18.3. The van der Waals surface area contributed by atoms with Crippen molar-refractivity contribution in [2.75, 3.05) is 27.2 Å². The maximum atomic E-state index is 11.5. The maximum Gasteiger partial charge on any atom is 0.339 e. The van der Waals surface area contributed by atoms with Crippen molar-refractivity contribution in [2.24, 2.45) is 0 Å². The van der Waals surface area contributed by atoms with Crippen LogP contribution in [0.2, 0.25) is 0 Å². The normalized spacial score (nSPS) is 17.5. The van der Waals surface area contributed by atoms with E-state index in [4.69, 9.17) is 4.74 Å². The molecule has 20 heavy (non-hydrogen) atoms. The van der Waals surface area contributed by atoms with Gasteiger partial charge >= 0.3 is 5.97 Å². The second kappa shape index (κ2) is 5.25. The summed E-state index contributed by atoms with van der Waals surface area (Å²) < 4.78 is 6.97. The average molecular weight is 273 g/mol. The maximum absolute atomic E-state index is 11.5. The van der Waals surface area contributed by atoms with E-state index < -0.39 is 0 Å². The van der Waals surface area contributed by atoms with Crippen LogP contribution in [-0.2, 0) is 4.74 Å². The molecule has 2 aromatic rings. The van der Waals surface area contributed by atoms with Crippen LogP contribution >= 0.6 is 0 Å². The Balaban J connectivity index is 1.92. The molecule has 3 heterocycles. The number of likely N-dealkylation sites (tertiary alicyclic amines) is 1. The molecule has 106 valence electrons. The second-order valence-electron chi connectivity index (χ2n) is 5.39. The molecule has 0 aliphatic carbocycles. The van der Waals surface area contributed by atoms with E-state index in [1.54, 1.807) is 6.20 Å². The van der Waals surface area contributed by atoms with E-state index in [2.05, 4.69) is 27.7 Å². The number of hydrogen-bond acceptors (Lipinski definition) is 4. The first kappa shape index (κ1) is 13.1. The van der Waals surface area contributed by atoms with Crippen molar-refractivity contribution in [1.82, 2.24) is 14.5 Å².